The second-order valence-corrected chi connectivity index (χ2v) is 5.07. The lowest BCUT2D eigenvalue weighted by molar-refractivity contribution is -0.118. The molecule has 0 fully saturated rings. The largest absolute Gasteiger partial charge is 0.350 e. The number of hydrogen-bond donors (Lipinski definition) is 1. The predicted molar refractivity (Wildman–Crippen MR) is 75.8 cm³/mol. The lowest BCUT2D eigenvalue weighted by atomic mass is 10.3. The number of nitrogens with zero attached hydrogens (tertiary/aromatic N) is 2. The van der Waals surface area contributed by atoms with Crippen molar-refractivity contribution in [1.82, 2.24) is 15.3 Å². The van der Waals surface area contributed by atoms with E-state index in [9.17, 15) is 4.79 Å². The van der Waals surface area contributed by atoms with Crippen molar-refractivity contribution in [2.24, 2.45) is 0 Å². The van der Waals surface area contributed by atoms with Crippen LogP contribution in [0.5, 0.6) is 0 Å². The van der Waals surface area contributed by atoms with Gasteiger partial charge in [0.2, 0.25) is 5.91 Å². The molecule has 0 saturated carbocycles. The molecule has 2 rings (SSSR count). The summed E-state index contributed by atoms with van der Waals surface area (Å²) < 4.78 is 0. The van der Waals surface area contributed by atoms with Crippen LogP contribution < -0.4 is 5.32 Å². The molecule has 1 amide bonds. The highest BCUT2D eigenvalue weighted by Crippen LogP contribution is 2.15. The Balaban J connectivity index is 1.76. The molecule has 0 atom stereocenters. The maximum atomic E-state index is 11.7. The zero-order chi connectivity index (χ0) is 13.5. The zero-order valence-corrected chi connectivity index (χ0v) is 11.5. The van der Waals surface area contributed by atoms with Crippen LogP contribution in [0.3, 0.4) is 0 Å². The summed E-state index contributed by atoms with van der Waals surface area (Å²) in [5, 5.41) is 2.86. The van der Waals surface area contributed by atoms with Gasteiger partial charge in [0.15, 0.2) is 0 Å². The molecule has 0 unspecified atom stereocenters. The molecule has 2 aromatic rings. The van der Waals surface area contributed by atoms with Crippen molar-refractivity contribution in [3.8, 4) is 0 Å². The second kappa shape index (κ2) is 6.89. The molecular weight excluding hydrogens is 258 g/mol. The summed E-state index contributed by atoms with van der Waals surface area (Å²) in [6, 6.07) is 9.56. The summed E-state index contributed by atoms with van der Waals surface area (Å²) in [6.07, 6.45) is 3.44. The molecule has 0 spiro atoms. The molecule has 5 heteroatoms. The van der Waals surface area contributed by atoms with E-state index >= 15 is 0 Å². The SMILES string of the molecule is Cc1cccc(CNC(=O)CSc2ccncc2)n1. The number of carbonyl (C=O) groups excluding carboxylic acids is 1. The number of nitrogens with one attached hydrogen (secondary N) is 1. The number of amides is 1. The van der Waals surface area contributed by atoms with Crippen molar-refractivity contribution in [3.63, 3.8) is 0 Å². The Morgan fingerprint density at radius 3 is 2.79 bits per heavy atom. The summed E-state index contributed by atoms with van der Waals surface area (Å²) in [5.41, 5.74) is 1.83. The van der Waals surface area contributed by atoms with Gasteiger partial charge < -0.3 is 5.32 Å². The maximum absolute atomic E-state index is 11.7. The number of hydrogen-bond acceptors (Lipinski definition) is 4. The fourth-order valence-corrected chi connectivity index (χ4v) is 2.24. The topological polar surface area (TPSA) is 54.9 Å². The Labute approximate surface area is 116 Å². The molecule has 2 heterocycles. The molecule has 0 radical (unpaired) electrons. The van der Waals surface area contributed by atoms with Gasteiger partial charge in [-0.1, -0.05) is 6.07 Å². The van der Waals surface area contributed by atoms with Gasteiger partial charge in [-0.05, 0) is 31.2 Å². The minimum atomic E-state index is 0.00474. The first-order valence-corrected chi connectivity index (χ1v) is 6.94. The van der Waals surface area contributed by atoms with E-state index in [1.54, 1.807) is 12.4 Å². The summed E-state index contributed by atoms with van der Waals surface area (Å²) in [5.74, 6) is 0.403. The smallest absolute Gasteiger partial charge is 0.230 e. The van der Waals surface area contributed by atoms with Crippen LogP contribution in [0.25, 0.3) is 0 Å². The van der Waals surface area contributed by atoms with Crippen molar-refractivity contribution >= 4 is 17.7 Å². The molecule has 1 N–H and O–H groups in total. The normalized spacial score (nSPS) is 10.2. The fourth-order valence-electron chi connectivity index (χ4n) is 1.52. The van der Waals surface area contributed by atoms with Crippen LogP contribution in [-0.2, 0) is 11.3 Å². The van der Waals surface area contributed by atoms with E-state index in [-0.39, 0.29) is 5.91 Å². The van der Waals surface area contributed by atoms with Gasteiger partial charge in [0, 0.05) is 23.0 Å². The van der Waals surface area contributed by atoms with Crippen LogP contribution in [0.1, 0.15) is 11.4 Å². The monoisotopic (exact) mass is 273 g/mol. The minimum Gasteiger partial charge on any atom is -0.350 e. The lowest BCUT2D eigenvalue weighted by Crippen LogP contribution is -2.25. The summed E-state index contributed by atoms with van der Waals surface area (Å²) in [4.78, 5) is 21.0. The van der Waals surface area contributed by atoms with E-state index < -0.39 is 0 Å². The van der Waals surface area contributed by atoms with E-state index in [0.29, 0.717) is 12.3 Å². The Hall–Kier alpha value is -1.88. The number of thioether (sulfide) groups is 1. The van der Waals surface area contributed by atoms with Gasteiger partial charge in [-0.15, -0.1) is 11.8 Å². The molecule has 0 aliphatic heterocycles. The summed E-state index contributed by atoms with van der Waals surface area (Å²) >= 11 is 1.49. The van der Waals surface area contributed by atoms with Crippen LogP contribution in [0.15, 0.2) is 47.6 Å². The Morgan fingerprint density at radius 1 is 1.26 bits per heavy atom. The van der Waals surface area contributed by atoms with Crippen molar-refractivity contribution in [3.05, 3.63) is 54.1 Å². The first kappa shape index (κ1) is 13.5. The van der Waals surface area contributed by atoms with E-state index in [4.69, 9.17) is 0 Å². The highest BCUT2D eigenvalue weighted by molar-refractivity contribution is 8.00. The van der Waals surface area contributed by atoms with Gasteiger partial charge in [0.25, 0.3) is 0 Å². The van der Waals surface area contributed by atoms with E-state index in [2.05, 4.69) is 15.3 Å². The third-order valence-corrected chi connectivity index (χ3v) is 3.44. The number of aromatic nitrogens is 2. The molecule has 98 valence electrons. The average Bonchev–Trinajstić information content (AvgIpc) is 2.44. The van der Waals surface area contributed by atoms with Gasteiger partial charge in [-0.25, -0.2) is 0 Å². The Kier molecular flexibility index (Phi) is 4.92. The first-order valence-electron chi connectivity index (χ1n) is 5.96. The van der Waals surface area contributed by atoms with Gasteiger partial charge in [0.1, 0.15) is 0 Å². The predicted octanol–water partition coefficient (Wildman–Crippen LogP) is 2.19. The van der Waals surface area contributed by atoms with Crippen molar-refractivity contribution in [2.75, 3.05) is 5.75 Å². The van der Waals surface area contributed by atoms with Crippen molar-refractivity contribution in [2.45, 2.75) is 18.4 Å². The average molecular weight is 273 g/mol. The van der Waals surface area contributed by atoms with Gasteiger partial charge in [0.05, 0.1) is 18.0 Å². The second-order valence-electron chi connectivity index (χ2n) is 4.02. The number of aryl methyl sites for hydroxylation is 1. The molecular formula is C14H15N3OS. The van der Waals surface area contributed by atoms with Crippen molar-refractivity contribution < 1.29 is 4.79 Å². The molecule has 2 aromatic heterocycles. The third-order valence-electron chi connectivity index (χ3n) is 2.43. The molecule has 0 bridgehead atoms. The standard InChI is InChI=1S/C14H15N3OS/c1-11-3-2-4-12(17-11)9-16-14(18)10-19-13-5-7-15-8-6-13/h2-8H,9-10H2,1H3,(H,16,18). The van der Waals surface area contributed by atoms with Gasteiger partial charge >= 0.3 is 0 Å². The lowest BCUT2D eigenvalue weighted by Gasteiger charge is -2.05. The quantitative estimate of drug-likeness (QED) is 0.848. The molecule has 0 aliphatic carbocycles. The molecule has 0 saturated heterocycles. The van der Waals surface area contributed by atoms with Crippen molar-refractivity contribution in [1.29, 1.82) is 0 Å². The Morgan fingerprint density at radius 2 is 2.05 bits per heavy atom. The highest BCUT2D eigenvalue weighted by Gasteiger charge is 2.03. The van der Waals surface area contributed by atoms with Crippen LogP contribution >= 0.6 is 11.8 Å². The molecule has 4 nitrogen and oxygen atoms in total. The van der Waals surface area contributed by atoms with E-state index in [1.807, 2.05) is 37.3 Å². The van der Waals surface area contributed by atoms with Crippen LogP contribution in [0.2, 0.25) is 0 Å². The first-order chi connectivity index (χ1) is 9.24. The maximum Gasteiger partial charge on any atom is 0.230 e. The minimum absolute atomic E-state index is 0.00474. The summed E-state index contributed by atoms with van der Waals surface area (Å²) in [6.45, 7) is 2.40. The number of carbonyl (C=O) groups is 1. The number of pyridine rings is 2. The fraction of sp³-hybridized carbons (Fsp3) is 0.214. The van der Waals surface area contributed by atoms with Crippen LogP contribution in [0, 0.1) is 6.92 Å². The number of rotatable bonds is 5. The zero-order valence-electron chi connectivity index (χ0n) is 10.7. The highest BCUT2D eigenvalue weighted by atomic mass is 32.2. The summed E-state index contributed by atoms with van der Waals surface area (Å²) in [7, 11) is 0. The van der Waals surface area contributed by atoms with Gasteiger partial charge in [-0.3, -0.25) is 14.8 Å². The van der Waals surface area contributed by atoms with Crippen LogP contribution in [-0.4, -0.2) is 21.6 Å². The van der Waals surface area contributed by atoms with E-state index in [0.717, 1.165) is 16.3 Å². The Bertz CT molecular complexity index is 545. The molecule has 0 aromatic carbocycles. The third kappa shape index (κ3) is 4.71. The van der Waals surface area contributed by atoms with E-state index in [1.165, 1.54) is 11.8 Å². The van der Waals surface area contributed by atoms with Gasteiger partial charge in [-0.2, -0.15) is 0 Å². The molecule has 0 aliphatic rings. The van der Waals surface area contributed by atoms with Crippen LogP contribution in [0.4, 0.5) is 0 Å². The molecule has 19 heavy (non-hydrogen) atoms.